The van der Waals surface area contributed by atoms with Gasteiger partial charge in [-0.25, -0.2) is 56.3 Å². The first-order valence-electron chi connectivity index (χ1n) is 48.7. The van der Waals surface area contributed by atoms with Crippen LogP contribution in [0, 0.1) is 5.92 Å². The Morgan fingerprint density at radius 2 is 0.638 bits per heavy atom. The van der Waals surface area contributed by atoms with Crippen molar-refractivity contribution in [3.8, 4) is 85.0 Å². The van der Waals surface area contributed by atoms with Crippen molar-refractivity contribution in [1.29, 1.82) is 0 Å². The monoisotopic (exact) mass is 2070 g/mol. The molecular formula is C105H104F14N20O10. The van der Waals surface area contributed by atoms with Crippen LogP contribution in [0.25, 0.3) is 84.5 Å². The van der Waals surface area contributed by atoms with E-state index < -0.39 is 71.1 Å². The molecule has 5 saturated heterocycles. The van der Waals surface area contributed by atoms with Crippen LogP contribution < -0.4 is 18.9 Å². The molecule has 149 heavy (non-hydrogen) atoms. The van der Waals surface area contributed by atoms with E-state index in [9.17, 15) is 90.5 Å². The van der Waals surface area contributed by atoms with Crippen molar-refractivity contribution in [1.82, 2.24) is 97.5 Å². The number of amides is 5. The summed E-state index contributed by atoms with van der Waals surface area (Å²) >= 11 is 0. The van der Waals surface area contributed by atoms with Crippen LogP contribution >= 0.6 is 0 Å². The number of likely N-dealkylation sites (tertiary alicyclic amines) is 5. The van der Waals surface area contributed by atoms with Gasteiger partial charge < -0.3 is 48.6 Å². The van der Waals surface area contributed by atoms with E-state index in [1.165, 1.54) is 92.8 Å². The summed E-state index contributed by atoms with van der Waals surface area (Å²) in [5, 5.41) is 29.7. The molecule has 44 heteroatoms. The van der Waals surface area contributed by atoms with Crippen molar-refractivity contribution >= 4 is 57.8 Å². The number of carbonyl (C=O) groups is 5. The maximum atomic E-state index is 14.3. The third kappa shape index (κ3) is 24.4. The molecule has 10 aromatic heterocycles. The lowest BCUT2D eigenvalue weighted by molar-refractivity contribution is -0.143. The molecule has 1 N–H and O–H groups in total. The Morgan fingerprint density at radius 3 is 0.933 bits per heavy atom. The highest BCUT2D eigenvalue weighted by atomic mass is 19.4. The Labute approximate surface area is 843 Å². The molecule has 3 unspecified atom stereocenters. The van der Waals surface area contributed by atoms with Crippen molar-refractivity contribution in [3.05, 3.63) is 239 Å². The number of phenolic OH excluding ortho intramolecular Hbond substituents is 1. The molecule has 5 amide bonds. The second-order valence-corrected chi connectivity index (χ2v) is 37.3. The summed E-state index contributed by atoms with van der Waals surface area (Å²) in [6.07, 6.45) is -6.49. The highest BCUT2D eigenvalue weighted by Gasteiger charge is 2.43. The standard InChI is InChI=1S/C22H22F4N4O2.C22H24N4O2.C21H20F4N4O2.C21H21F3N4O2.C19H17F3N4O2/c1-13(23)15-4-3-9-29(12-15)21(31)18-11-20-27-17(14-5-7-16(32-2)8-6-14)10-19(22(24,25)26)30(20)28-18;1-28-17-9-7-15(8-10-17)18-13-20(16-5-6-16)26-21(23-18)14-19(24-26)22(27)25-11-3-2-4-12-25;1-20(22)8-3-9-28(12-20)19(30)16-11-18-26-15(13-4-6-14(31-2)7-5-13)10-17(21(23,24)25)29(18)27-16;1-2-30-15-8-6-14(7-9-15)16-12-18(21(22,23)24)28-19(25-16)13-17(26-28)20(29)27-10-4-3-5-11-27;20-19(21,22)16-10-14(12-4-6-13(27)7-5-12)23-17-11-15(24-26(16)17)18(28)25-8-2-1-3-9-25/h5-8,10-11,13,15H,3-4,9,12H2,1-2H3;7-10,13-14,16H,2-6,11-12H2,1H3;4-7,10-11H,3,8-9,12H2,1-2H3;6-9,12-13H,2-5,10-11H2,1H3;4-7,10-11,27H,1-3,8-9H2. The molecule has 0 bridgehead atoms. The second-order valence-electron chi connectivity index (χ2n) is 37.3. The number of alkyl halides is 14. The fourth-order valence-electron chi connectivity index (χ4n) is 18.5. The normalized spacial score (nSPS) is 17.0. The molecular weight excluding hydrogens is 1970 g/mol. The number of aromatic nitrogens is 15. The number of ether oxygens (including phenoxy) is 4. The summed E-state index contributed by atoms with van der Waals surface area (Å²) < 4.78 is 218. The SMILES string of the molecule is CCOc1ccc(-c2cc(C(F)(F)F)n3nc(C(=O)N4CCCCC4)cc3n2)cc1.COc1ccc(-c2cc(C(F)(F)F)n3nc(C(=O)N4CCCC(C(C)F)C4)cc3n2)cc1.COc1ccc(-c2cc(C(F)(F)F)n3nc(C(=O)N4CCCC(C)(F)C4)cc3n2)cc1.COc1ccc(-c2cc(C3CC3)n3nc(C(=O)N4CCCCC4)cc3n2)cc1.O=C(c1cc2nc(-c3ccc(O)cc3)cc(C(F)(F)F)n2n1)N1CCCCC1. The van der Waals surface area contributed by atoms with Gasteiger partial charge in [-0.05, 0) is 269 Å². The van der Waals surface area contributed by atoms with E-state index in [0.717, 1.165) is 130 Å². The van der Waals surface area contributed by atoms with Crippen molar-refractivity contribution in [3.63, 3.8) is 0 Å². The Balaban J connectivity index is 0.000000127. The first kappa shape index (κ1) is 105. The zero-order chi connectivity index (χ0) is 106. The van der Waals surface area contributed by atoms with E-state index in [1.54, 1.807) is 89.7 Å². The van der Waals surface area contributed by atoms with Crippen molar-refractivity contribution in [2.75, 3.05) is 93.4 Å². The van der Waals surface area contributed by atoms with Gasteiger partial charge in [0.25, 0.3) is 29.5 Å². The Hall–Kier alpha value is -15.4. The summed E-state index contributed by atoms with van der Waals surface area (Å²) in [6, 6.07) is 45.8. The van der Waals surface area contributed by atoms with Gasteiger partial charge >= 0.3 is 24.7 Å². The molecule has 0 radical (unpaired) electrons. The van der Waals surface area contributed by atoms with Crippen LogP contribution in [-0.4, -0.2) is 237 Å². The Kier molecular flexibility index (Phi) is 30.9. The Bertz CT molecular complexity index is 7350. The van der Waals surface area contributed by atoms with E-state index in [2.05, 4.69) is 51.5 Å². The predicted molar refractivity (Wildman–Crippen MR) is 520 cm³/mol. The van der Waals surface area contributed by atoms with Gasteiger partial charge in [-0.15, -0.1) is 0 Å². The quantitative estimate of drug-likeness (QED) is 0.0828. The number of carbonyl (C=O) groups excluding carboxylic acids is 5. The fourth-order valence-corrected chi connectivity index (χ4v) is 18.5. The lowest BCUT2D eigenvalue weighted by Crippen LogP contribution is -2.46. The highest BCUT2D eigenvalue weighted by Crippen LogP contribution is 2.44. The fraction of sp³-hybridized carbons (Fsp3) is 0.381. The van der Waals surface area contributed by atoms with Gasteiger partial charge in [0, 0.05) is 135 Å². The first-order valence-corrected chi connectivity index (χ1v) is 48.7. The molecule has 6 aliphatic rings. The van der Waals surface area contributed by atoms with Crippen LogP contribution in [0.1, 0.15) is 204 Å². The lowest BCUT2D eigenvalue weighted by atomic mass is 9.94. The summed E-state index contributed by atoms with van der Waals surface area (Å²) in [4.78, 5) is 93.8. The average Bonchev–Trinajstić information content (AvgIpc) is 1.64. The predicted octanol–water partition coefficient (Wildman–Crippen LogP) is 21.1. The Morgan fingerprint density at radius 1 is 0.362 bits per heavy atom. The minimum absolute atomic E-state index is 0.000333. The van der Waals surface area contributed by atoms with E-state index in [-0.39, 0.29) is 111 Å². The first-order chi connectivity index (χ1) is 71.2. The van der Waals surface area contributed by atoms with Crippen LogP contribution in [0.2, 0.25) is 0 Å². The number of hydrogen-bond donors (Lipinski definition) is 1. The summed E-state index contributed by atoms with van der Waals surface area (Å²) in [5.41, 5.74) is 0.218. The number of fused-ring (bicyclic) bond motifs is 5. The number of hydrogen-bond acceptors (Lipinski definition) is 20. The number of piperidine rings is 5. The topological polar surface area (TPSA) is 310 Å². The van der Waals surface area contributed by atoms with Crippen molar-refractivity contribution in [2.24, 2.45) is 5.92 Å². The molecule has 1 saturated carbocycles. The van der Waals surface area contributed by atoms with Gasteiger partial charge in [-0.1, -0.05) is 0 Å². The maximum Gasteiger partial charge on any atom is 0.433 e. The number of halogens is 14. The highest BCUT2D eigenvalue weighted by molar-refractivity contribution is 5.96. The third-order valence-electron chi connectivity index (χ3n) is 26.5. The van der Waals surface area contributed by atoms with E-state index in [1.807, 2.05) is 46.7 Å². The summed E-state index contributed by atoms with van der Waals surface area (Å²) in [5.74, 6) is 0.898. The van der Waals surface area contributed by atoms with Crippen LogP contribution in [0.5, 0.6) is 28.7 Å². The van der Waals surface area contributed by atoms with Gasteiger partial charge in [0.05, 0.1) is 63.0 Å². The lowest BCUT2D eigenvalue weighted by Gasteiger charge is -2.34. The van der Waals surface area contributed by atoms with E-state index in [0.29, 0.717) is 141 Å². The molecule has 3 atom stereocenters. The van der Waals surface area contributed by atoms with Crippen LogP contribution in [0.15, 0.2) is 182 Å². The maximum absolute atomic E-state index is 14.3. The van der Waals surface area contributed by atoms with Gasteiger partial charge in [-0.2, -0.15) is 78.2 Å². The summed E-state index contributed by atoms with van der Waals surface area (Å²) in [7, 11) is 4.64. The zero-order valence-corrected chi connectivity index (χ0v) is 81.8. The van der Waals surface area contributed by atoms with Crippen LogP contribution in [-0.2, 0) is 24.7 Å². The minimum atomic E-state index is -4.72. The third-order valence-corrected chi connectivity index (χ3v) is 26.5. The van der Waals surface area contributed by atoms with Gasteiger partial charge in [0.15, 0.2) is 79.5 Å². The smallest absolute Gasteiger partial charge is 0.433 e. The molecule has 5 aromatic carbocycles. The number of phenols is 1. The van der Waals surface area contributed by atoms with Crippen LogP contribution in [0.4, 0.5) is 61.5 Å². The van der Waals surface area contributed by atoms with Crippen LogP contribution in [0.3, 0.4) is 0 Å². The number of methoxy groups -OCH3 is 3. The summed E-state index contributed by atoms with van der Waals surface area (Å²) in [6.45, 7) is 9.98. The van der Waals surface area contributed by atoms with E-state index in [4.69, 9.17) is 23.9 Å². The second kappa shape index (κ2) is 43.9. The molecule has 30 nitrogen and oxygen atoms in total. The molecule has 782 valence electrons. The molecule has 15 aromatic rings. The zero-order valence-electron chi connectivity index (χ0n) is 81.8. The minimum Gasteiger partial charge on any atom is -0.508 e. The van der Waals surface area contributed by atoms with E-state index >= 15 is 0 Å². The number of nitrogens with zero attached hydrogens (tertiary/aromatic N) is 20. The molecule has 15 heterocycles. The van der Waals surface area contributed by atoms with Crippen molar-refractivity contribution < 1.29 is 109 Å². The number of rotatable bonds is 17. The molecule has 5 aliphatic heterocycles. The van der Waals surface area contributed by atoms with Gasteiger partial charge in [-0.3, -0.25) is 24.0 Å². The number of aromatic hydroxyl groups is 1. The molecule has 6 fully saturated rings. The van der Waals surface area contributed by atoms with Gasteiger partial charge in [0.1, 0.15) is 40.6 Å². The number of benzene rings is 5. The molecule has 0 spiro atoms. The molecule has 1 aliphatic carbocycles. The largest absolute Gasteiger partial charge is 0.508 e. The van der Waals surface area contributed by atoms with Crippen molar-refractivity contribution in [2.45, 2.75) is 160 Å². The average molecular weight is 2070 g/mol. The molecule has 21 rings (SSSR count). The van der Waals surface area contributed by atoms with Gasteiger partial charge in [0.2, 0.25) is 0 Å².